The SMILES string of the molecule is CCCOc1ccc(Br)cc1-c1nc2c(C)nn(CC)c2c(=O)[nH]1. The van der Waals surface area contributed by atoms with Gasteiger partial charge in [-0.05, 0) is 38.5 Å². The van der Waals surface area contributed by atoms with Crippen molar-refractivity contribution in [2.75, 3.05) is 6.61 Å². The van der Waals surface area contributed by atoms with Gasteiger partial charge >= 0.3 is 0 Å². The van der Waals surface area contributed by atoms with E-state index in [0.717, 1.165) is 22.2 Å². The minimum atomic E-state index is -0.195. The minimum absolute atomic E-state index is 0.195. The smallest absolute Gasteiger partial charge is 0.277 e. The normalized spacial score (nSPS) is 11.2. The number of aromatic amines is 1. The largest absolute Gasteiger partial charge is 0.493 e. The summed E-state index contributed by atoms with van der Waals surface area (Å²) in [6.07, 6.45) is 0.904. The zero-order valence-electron chi connectivity index (χ0n) is 13.9. The maximum absolute atomic E-state index is 12.6. The van der Waals surface area contributed by atoms with Crippen molar-refractivity contribution in [1.29, 1.82) is 0 Å². The topological polar surface area (TPSA) is 72.8 Å². The van der Waals surface area contributed by atoms with Gasteiger partial charge in [0.15, 0.2) is 5.52 Å². The number of benzene rings is 1. The lowest BCUT2D eigenvalue weighted by Gasteiger charge is -2.11. The van der Waals surface area contributed by atoms with Gasteiger partial charge in [0, 0.05) is 11.0 Å². The van der Waals surface area contributed by atoms with Gasteiger partial charge in [-0.15, -0.1) is 0 Å². The Morgan fingerprint density at radius 1 is 1.33 bits per heavy atom. The standard InChI is InChI=1S/C17H19BrN4O2/c1-4-8-24-13-7-6-11(18)9-12(13)16-19-14-10(3)21-22(5-2)15(14)17(23)20-16/h6-7,9H,4-5,8H2,1-3H3,(H,19,20,23). The average molecular weight is 391 g/mol. The first-order valence-electron chi connectivity index (χ1n) is 7.95. The third-order valence-corrected chi connectivity index (χ3v) is 4.22. The molecule has 24 heavy (non-hydrogen) atoms. The number of halogens is 1. The summed E-state index contributed by atoms with van der Waals surface area (Å²) in [6.45, 7) is 7.08. The summed E-state index contributed by atoms with van der Waals surface area (Å²) in [4.78, 5) is 20.1. The highest BCUT2D eigenvalue weighted by molar-refractivity contribution is 9.10. The molecule has 0 radical (unpaired) electrons. The fraction of sp³-hybridized carbons (Fsp3) is 0.353. The molecular weight excluding hydrogens is 372 g/mol. The second kappa shape index (κ2) is 6.76. The van der Waals surface area contributed by atoms with Crippen molar-refractivity contribution in [3.63, 3.8) is 0 Å². The van der Waals surface area contributed by atoms with Crippen LogP contribution in [0.2, 0.25) is 0 Å². The number of ether oxygens (including phenoxy) is 1. The van der Waals surface area contributed by atoms with Crippen LogP contribution >= 0.6 is 15.9 Å². The molecular formula is C17H19BrN4O2. The van der Waals surface area contributed by atoms with E-state index in [0.29, 0.717) is 35.8 Å². The molecule has 2 heterocycles. The molecule has 2 aromatic heterocycles. The highest BCUT2D eigenvalue weighted by Gasteiger charge is 2.16. The maximum Gasteiger partial charge on any atom is 0.277 e. The van der Waals surface area contributed by atoms with Gasteiger partial charge in [0.2, 0.25) is 0 Å². The predicted octanol–water partition coefficient (Wildman–Crippen LogP) is 3.67. The Hall–Kier alpha value is -2.15. The van der Waals surface area contributed by atoms with Gasteiger partial charge in [-0.3, -0.25) is 9.48 Å². The molecule has 0 aliphatic rings. The molecule has 1 aromatic carbocycles. The summed E-state index contributed by atoms with van der Waals surface area (Å²) in [5, 5.41) is 4.39. The Labute approximate surface area is 148 Å². The molecule has 3 aromatic rings. The second-order valence-corrected chi connectivity index (χ2v) is 6.42. The third kappa shape index (κ3) is 2.96. The van der Waals surface area contributed by atoms with Gasteiger partial charge in [-0.2, -0.15) is 5.10 Å². The van der Waals surface area contributed by atoms with Crippen molar-refractivity contribution >= 4 is 27.0 Å². The molecule has 0 saturated carbocycles. The number of nitrogens with zero attached hydrogens (tertiary/aromatic N) is 3. The van der Waals surface area contributed by atoms with Crippen LogP contribution < -0.4 is 10.3 Å². The summed E-state index contributed by atoms with van der Waals surface area (Å²) in [5.41, 5.74) is 2.42. The Kier molecular flexibility index (Phi) is 4.71. The van der Waals surface area contributed by atoms with Crippen molar-refractivity contribution in [1.82, 2.24) is 19.7 Å². The quantitative estimate of drug-likeness (QED) is 0.721. The number of rotatable bonds is 5. The van der Waals surface area contributed by atoms with Crippen LogP contribution in [0.1, 0.15) is 26.0 Å². The van der Waals surface area contributed by atoms with Crippen LogP contribution in [0.15, 0.2) is 27.5 Å². The lowest BCUT2D eigenvalue weighted by Crippen LogP contribution is -2.14. The van der Waals surface area contributed by atoms with E-state index in [-0.39, 0.29) is 5.56 Å². The first-order valence-corrected chi connectivity index (χ1v) is 8.74. The zero-order chi connectivity index (χ0) is 17.3. The molecule has 0 aliphatic heterocycles. The Balaban J connectivity index is 2.22. The van der Waals surface area contributed by atoms with Crippen molar-refractivity contribution < 1.29 is 4.74 Å². The Morgan fingerprint density at radius 3 is 2.83 bits per heavy atom. The molecule has 0 aliphatic carbocycles. The Morgan fingerprint density at radius 2 is 2.12 bits per heavy atom. The number of hydrogen-bond donors (Lipinski definition) is 1. The van der Waals surface area contributed by atoms with Crippen LogP contribution in [-0.2, 0) is 6.54 Å². The molecule has 0 fully saturated rings. The molecule has 0 bridgehead atoms. The first kappa shape index (κ1) is 16.7. The first-order chi connectivity index (χ1) is 11.5. The highest BCUT2D eigenvalue weighted by atomic mass is 79.9. The van der Waals surface area contributed by atoms with Crippen molar-refractivity contribution in [3.8, 4) is 17.1 Å². The van der Waals surface area contributed by atoms with E-state index in [9.17, 15) is 4.79 Å². The molecule has 7 heteroatoms. The van der Waals surface area contributed by atoms with Gasteiger partial charge in [0.05, 0.1) is 17.9 Å². The van der Waals surface area contributed by atoms with Crippen molar-refractivity contribution in [3.05, 3.63) is 38.7 Å². The molecule has 1 N–H and O–H groups in total. The second-order valence-electron chi connectivity index (χ2n) is 5.50. The Bertz CT molecular complexity index is 946. The fourth-order valence-corrected chi connectivity index (χ4v) is 2.98. The summed E-state index contributed by atoms with van der Waals surface area (Å²) in [6, 6.07) is 5.68. The maximum atomic E-state index is 12.6. The van der Waals surface area contributed by atoms with E-state index in [1.165, 1.54) is 0 Å². The number of fused-ring (bicyclic) bond motifs is 1. The molecule has 0 spiro atoms. The van der Waals surface area contributed by atoms with Gasteiger partial charge in [-0.25, -0.2) is 4.98 Å². The summed E-state index contributed by atoms with van der Waals surface area (Å²) in [7, 11) is 0. The average Bonchev–Trinajstić information content (AvgIpc) is 2.90. The number of nitrogens with one attached hydrogen (secondary N) is 1. The van der Waals surface area contributed by atoms with E-state index >= 15 is 0 Å². The molecule has 0 atom stereocenters. The van der Waals surface area contributed by atoms with Crippen LogP contribution in [0.4, 0.5) is 0 Å². The van der Waals surface area contributed by atoms with Crippen LogP contribution in [0.3, 0.4) is 0 Å². The van der Waals surface area contributed by atoms with E-state index in [1.54, 1.807) is 4.68 Å². The molecule has 126 valence electrons. The van der Waals surface area contributed by atoms with Gasteiger partial charge in [-0.1, -0.05) is 22.9 Å². The van der Waals surface area contributed by atoms with E-state index in [2.05, 4.69) is 31.0 Å². The van der Waals surface area contributed by atoms with Crippen molar-refractivity contribution in [2.24, 2.45) is 0 Å². The summed E-state index contributed by atoms with van der Waals surface area (Å²) < 4.78 is 8.37. The van der Waals surface area contributed by atoms with E-state index in [1.807, 2.05) is 39.0 Å². The number of hydrogen-bond acceptors (Lipinski definition) is 4. The monoisotopic (exact) mass is 390 g/mol. The highest BCUT2D eigenvalue weighted by Crippen LogP contribution is 2.31. The lowest BCUT2D eigenvalue weighted by molar-refractivity contribution is 0.318. The van der Waals surface area contributed by atoms with Crippen LogP contribution in [0.5, 0.6) is 5.75 Å². The molecule has 0 unspecified atom stereocenters. The lowest BCUT2D eigenvalue weighted by atomic mass is 10.2. The minimum Gasteiger partial charge on any atom is -0.493 e. The van der Waals surface area contributed by atoms with E-state index in [4.69, 9.17) is 4.74 Å². The van der Waals surface area contributed by atoms with Gasteiger partial charge in [0.1, 0.15) is 17.1 Å². The molecule has 6 nitrogen and oxygen atoms in total. The summed E-state index contributed by atoms with van der Waals surface area (Å²) in [5.74, 6) is 1.18. The number of aromatic nitrogens is 4. The van der Waals surface area contributed by atoms with Crippen molar-refractivity contribution in [2.45, 2.75) is 33.7 Å². The van der Waals surface area contributed by atoms with E-state index < -0.39 is 0 Å². The fourth-order valence-electron chi connectivity index (χ4n) is 2.62. The predicted molar refractivity (Wildman–Crippen MR) is 97.5 cm³/mol. The van der Waals surface area contributed by atoms with Crippen LogP contribution in [0.25, 0.3) is 22.4 Å². The van der Waals surface area contributed by atoms with Crippen LogP contribution in [-0.4, -0.2) is 26.4 Å². The van der Waals surface area contributed by atoms with Crippen LogP contribution in [0, 0.1) is 6.92 Å². The molecule has 3 rings (SSSR count). The number of aryl methyl sites for hydroxylation is 2. The third-order valence-electron chi connectivity index (χ3n) is 3.72. The zero-order valence-corrected chi connectivity index (χ0v) is 15.5. The van der Waals surface area contributed by atoms with Gasteiger partial charge < -0.3 is 9.72 Å². The molecule has 0 amide bonds. The molecule has 0 saturated heterocycles. The number of H-pyrrole nitrogens is 1. The van der Waals surface area contributed by atoms with Gasteiger partial charge in [0.25, 0.3) is 5.56 Å². The summed E-state index contributed by atoms with van der Waals surface area (Å²) >= 11 is 3.47.